The monoisotopic (exact) mass is 423 g/mol. The number of thioether (sulfide) groups is 1. The lowest BCUT2D eigenvalue weighted by Crippen LogP contribution is -2.31. The minimum atomic E-state index is -0.503. The van der Waals surface area contributed by atoms with E-state index in [9.17, 15) is 14.7 Å². The third-order valence-corrected chi connectivity index (χ3v) is 6.08. The number of phenols is 1. The fourth-order valence-corrected chi connectivity index (χ4v) is 4.48. The number of ether oxygens (including phenoxy) is 1. The summed E-state index contributed by atoms with van der Waals surface area (Å²) in [7, 11) is 1.46. The second-order valence-electron chi connectivity index (χ2n) is 7.08. The number of fused-ring (bicyclic) bond motifs is 1. The van der Waals surface area contributed by atoms with Crippen molar-refractivity contribution in [3.8, 4) is 11.5 Å². The molecule has 3 aromatic rings. The molecule has 1 atom stereocenters. The van der Waals surface area contributed by atoms with E-state index >= 15 is 0 Å². The van der Waals surface area contributed by atoms with E-state index in [-0.39, 0.29) is 29.5 Å². The predicted molar refractivity (Wildman–Crippen MR) is 115 cm³/mol. The highest BCUT2D eigenvalue weighted by Gasteiger charge is 2.31. The normalized spacial score (nSPS) is 15.4. The fourth-order valence-electron chi connectivity index (χ4n) is 3.55. The van der Waals surface area contributed by atoms with Gasteiger partial charge in [-0.1, -0.05) is 42.1 Å². The van der Waals surface area contributed by atoms with E-state index in [2.05, 4.69) is 15.3 Å². The lowest BCUT2D eigenvalue weighted by molar-refractivity contribution is -0.116. The van der Waals surface area contributed by atoms with Crippen LogP contribution in [0.1, 0.15) is 34.6 Å². The molecule has 1 aliphatic rings. The number of rotatable bonds is 5. The molecule has 0 unspecified atom stereocenters. The van der Waals surface area contributed by atoms with Gasteiger partial charge in [0.2, 0.25) is 5.91 Å². The number of anilines is 1. The molecule has 1 aliphatic heterocycles. The van der Waals surface area contributed by atoms with Gasteiger partial charge in [0.15, 0.2) is 16.7 Å². The number of amides is 1. The number of aromatic nitrogens is 2. The second kappa shape index (κ2) is 8.23. The van der Waals surface area contributed by atoms with Crippen molar-refractivity contribution in [2.75, 3.05) is 12.4 Å². The number of aromatic amines is 1. The molecule has 3 N–H and O–H groups in total. The Bertz CT molecular complexity index is 1180. The first-order valence-corrected chi connectivity index (χ1v) is 10.4. The average molecular weight is 423 g/mol. The number of hydrogen-bond acceptors (Lipinski definition) is 6. The average Bonchev–Trinajstić information content (AvgIpc) is 2.72. The van der Waals surface area contributed by atoms with Gasteiger partial charge in [0.1, 0.15) is 5.82 Å². The van der Waals surface area contributed by atoms with Crippen LogP contribution in [-0.4, -0.2) is 28.1 Å². The van der Waals surface area contributed by atoms with Crippen LogP contribution in [0.15, 0.2) is 52.4 Å². The van der Waals surface area contributed by atoms with Crippen LogP contribution in [0.2, 0.25) is 0 Å². The Morgan fingerprint density at radius 2 is 2.03 bits per heavy atom. The zero-order valence-corrected chi connectivity index (χ0v) is 17.4. The summed E-state index contributed by atoms with van der Waals surface area (Å²) in [6.45, 7) is 2.04. The maximum absolute atomic E-state index is 12.9. The van der Waals surface area contributed by atoms with Gasteiger partial charge in [0, 0.05) is 18.1 Å². The number of carbonyl (C=O) groups is 1. The molecule has 0 fully saturated rings. The fraction of sp³-hybridized carbons (Fsp3) is 0.227. The first kappa shape index (κ1) is 20.0. The smallest absolute Gasteiger partial charge is 0.257 e. The van der Waals surface area contributed by atoms with Gasteiger partial charge in [-0.25, -0.2) is 4.98 Å². The molecule has 30 heavy (non-hydrogen) atoms. The molecule has 154 valence electrons. The number of aromatic hydroxyl groups is 1. The maximum Gasteiger partial charge on any atom is 0.257 e. The van der Waals surface area contributed by atoms with Crippen LogP contribution in [0.3, 0.4) is 0 Å². The van der Waals surface area contributed by atoms with Gasteiger partial charge >= 0.3 is 0 Å². The van der Waals surface area contributed by atoms with E-state index in [1.807, 2.05) is 31.2 Å². The number of nitrogens with one attached hydrogen (secondary N) is 2. The number of phenolic OH excluding ortho intramolecular Hbond substituents is 1. The standard InChI is InChI=1S/C22H21N3O4S/c1-12-5-3-4-6-14(12)11-30-22-24-20-19(21(28)25-22)15(10-18(27)23-20)13-7-8-17(29-2)16(26)9-13/h3-9,15,26H,10-11H2,1-2H3,(H2,23,24,25,27,28)/t15-/m1/s1. The minimum Gasteiger partial charge on any atom is -0.504 e. The summed E-state index contributed by atoms with van der Waals surface area (Å²) in [5.41, 5.74) is 3.06. The maximum atomic E-state index is 12.9. The third-order valence-electron chi connectivity index (χ3n) is 5.16. The molecule has 0 spiro atoms. The predicted octanol–water partition coefficient (Wildman–Crippen LogP) is 3.56. The zero-order valence-electron chi connectivity index (χ0n) is 16.6. The quantitative estimate of drug-likeness (QED) is 0.428. The van der Waals surface area contributed by atoms with Gasteiger partial charge in [-0.3, -0.25) is 9.59 Å². The van der Waals surface area contributed by atoms with Gasteiger partial charge in [-0.15, -0.1) is 0 Å². The molecule has 8 heteroatoms. The summed E-state index contributed by atoms with van der Waals surface area (Å²) in [5.74, 6) is 0.472. The van der Waals surface area contributed by atoms with E-state index in [1.165, 1.54) is 24.9 Å². The van der Waals surface area contributed by atoms with E-state index in [0.29, 0.717) is 27.8 Å². The van der Waals surface area contributed by atoms with Crippen LogP contribution in [0.4, 0.5) is 5.82 Å². The molecule has 1 aromatic heterocycles. The molecule has 0 aliphatic carbocycles. The first-order valence-electron chi connectivity index (χ1n) is 9.44. The third kappa shape index (κ3) is 3.91. The van der Waals surface area contributed by atoms with Gasteiger partial charge in [0.05, 0.1) is 12.7 Å². The second-order valence-corrected chi connectivity index (χ2v) is 8.05. The van der Waals surface area contributed by atoms with Gasteiger partial charge in [0.25, 0.3) is 5.56 Å². The molecular weight excluding hydrogens is 402 g/mol. The molecular formula is C22H21N3O4S. The van der Waals surface area contributed by atoms with Crippen LogP contribution >= 0.6 is 11.8 Å². The first-order chi connectivity index (χ1) is 14.5. The number of aryl methyl sites for hydroxylation is 1. The lowest BCUT2D eigenvalue weighted by Gasteiger charge is -2.24. The minimum absolute atomic E-state index is 0.0441. The topological polar surface area (TPSA) is 104 Å². The summed E-state index contributed by atoms with van der Waals surface area (Å²) in [6.07, 6.45) is 0.0965. The molecule has 1 amide bonds. The van der Waals surface area contributed by atoms with Crippen molar-refractivity contribution in [1.29, 1.82) is 0 Å². The van der Waals surface area contributed by atoms with Crippen molar-refractivity contribution in [2.24, 2.45) is 0 Å². The summed E-state index contributed by atoms with van der Waals surface area (Å²) in [5, 5.41) is 13.3. The largest absolute Gasteiger partial charge is 0.504 e. The lowest BCUT2D eigenvalue weighted by atomic mass is 9.86. The SMILES string of the molecule is COc1ccc([C@H]2CC(=O)Nc3nc(SCc4ccccc4C)[nH]c(=O)c32)cc1O. The van der Waals surface area contributed by atoms with E-state index in [1.54, 1.807) is 12.1 Å². The van der Waals surface area contributed by atoms with Crippen molar-refractivity contribution in [2.45, 2.75) is 30.2 Å². The van der Waals surface area contributed by atoms with Crippen molar-refractivity contribution < 1.29 is 14.6 Å². The van der Waals surface area contributed by atoms with Crippen LogP contribution < -0.4 is 15.6 Å². The van der Waals surface area contributed by atoms with Crippen molar-refractivity contribution >= 4 is 23.5 Å². The Hall–Kier alpha value is -3.26. The Kier molecular flexibility index (Phi) is 5.50. The van der Waals surface area contributed by atoms with Gasteiger partial charge in [-0.2, -0.15) is 0 Å². The summed E-state index contributed by atoms with van der Waals surface area (Å²) < 4.78 is 5.08. The number of carbonyl (C=O) groups excluding carboxylic acids is 1. The van der Waals surface area contributed by atoms with Crippen molar-refractivity contribution in [3.05, 3.63) is 75.1 Å². The number of methoxy groups -OCH3 is 1. The van der Waals surface area contributed by atoms with Crippen molar-refractivity contribution in [1.82, 2.24) is 9.97 Å². The molecule has 7 nitrogen and oxygen atoms in total. The van der Waals surface area contributed by atoms with E-state index < -0.39 is 5.92 Å². The number of nitrogens with zero attached hydrogens (tertiary/aromatic N) is 1. The van der Waals surface area contributed by atoms with E-state index in [0.717, 1.165) is 11.1 Å². The Morgan fingerprint density at radius 3 is 2.77 bits per heavy atom. The molecule has 0 saturated carbocycles. The van der Waals surface area contributed by atoms with E-state index in [4.69, 9.17) is 4.74 Å². The zero-order chi connectivity index (χ0) is 21.3. The van der Waals surface area contributed by atoms with Crippen LogP contribution in [-0.2, 0) is 10.5 Å². The molecule has 2 heterocycles. The molecule has 4 rings (SSSR count). The summed E-state index contributed by atoms with van der Waals surface area (Å²) in [6, 6.07) is 12.9. The molecule has 0 bridgehead atoms. The van der Waals surface area contributed by atoms with Crippen LogP contribution in [0, 0.1) is 6.92 Å². The number of benzene rings is 2. The Morgan fingerprint density at radius 1 is 1.23 bits per heavy atom. The van der Waals surface area contributed by atoms with Gasteiger partial charge in [-0.05, 0) is 35.7 Å². The highest BCUT2D eigenvalue weighted by Crippen LogP contribution is 2.38. The molecule has 0 radical (unpaired) electrons. The van der Waals surface area contributed by atoms with Crippen molar-refractivity contribution in [3.63, 3.8) is 0 Å². The Labute approximate surface area is 177 Å². The molecule has 2 aromatic carbocycles. The number of hydrogen-bond donors (Lipinski definition) is 3. The Balaban J connectivity index is 1.67. The highest BCUT2D eigenvalue weighted by atomic mass is 32.2. The highest BCUT2D eigenvalue weighted by molar-refractivity contribution is 7.98. The van der Waals surface area contributed by atoms with Gasteiger partial charge < -0.3 is 20.1 Å². The summed E-state index contributed by atoms with van der Waals surface area (Å²) in [4.78, 5) is 32.5. The van der Waals surface area contributed by atoms with Crippen LogP contribution in [0.5, 0.6) is 11.5 Å². The summed E-state index contributed by atoms with van der Waals surface area (Å²) >= 11 is 1.41. The van der Waals surface area contributed by atoms with Crippen LogP contribution in [0.25, 0.3) is 0 Å². The number of H-pyrrole nitrogens is 1. The molecule has 0 saturated heterocycles.